The summed E-state index contributed by atoms with van der Waals surface area (Å²) in [5, 5.41) is 2.74. The maximum atomic E-state index is 5.58. The van der Waals surface area contributed by atoms with Crippen LogP contribution in [0.5, 0.6) is 0 Å². The van der Waals surface area contributed by atoms with Crippen molar-refractivity contribution in [1.29, 1.82) is 0 Å². The smallest absolute Gasteiger partial charge is 0.180 e. The van der Waals surface area contributed by atoms with Gasteiger partial charge in [0.25, 0.3) is 0 Å². The average molecular weight is 197 g/mol. The van der Waals surface area contributed by atoms with Crippen molar-refractivity contribution >= 4 is 16.5 Å². The predicted molar refractivity (Wildman–Crippen MR) is 55.6 cm³/mol. The van der Waals surface area contributed by atoms with Crippen molar-refractivity contribution in [2.24, 2.45) is 0 Å². The van der Waals surface area contributed by atoms with E-state index < -0.39 is 0 Å². The molecule has 1 aliphatic rings. The second-order valence-electron chi connectivity index (χ2n) is 3.47. The lowest BCUT2D eigenvalue weighted by Crippen LogP contribution is -2.25. The van der Waals surface area contributed by atoms with Gasteiger partial charge in [-0.25, -0.2) is 4.98 Å². The van der Waals surface area contributed by atoms with E-state index in [4.69, 9.17) is 5.73 Å². The van der Waals surface area contributed by atoms with Gasteiger partial charge in [0.2, 0.25) is 0 Å². The molecule has 1 fully saturated rings. The maximum absolute atomic E-state index is 5.58. The molecule has 1 aromatic rings. The van der Waals surface area contributed by atoms with Gasteiger partial charge in [-0.3, -0.25) is 4.90 Å². The van der Waals surface area contributed by atoms with Gasteiger partial charge in [0, 0.05) is 18.0 Å². The highest BCUT2D eigenvalue weighted by Gasteiger charge is 2.27. The fourth-order valence-electron chi connectivity index (χ4n) is 1.54. The predicted octanol–water partition coefficient (Wildman–Crippen LogP) is 1.71. The van der Waals surface area contributed by atoms with Gasteiger partial charge in [-0.05, 0) is 19.4 Å². The van der Waals surface area contributed by atoms with E-state index in [0.29, 0.717) is 5.13 Å². The van der Waals surface area contributed by atoms with Crippen LogP contribution in [0.4, 0.5) is 5.13 Å². The van der Waals surface area contributed by atoms with E-state index in [2.05, 4.69) is 22.2 Å². The SMILES string of the molecule is CCN(Cc1csc(N)n1)C1CC1. The Bertz CT molecular complexity index is 280. The number of rotatable bonds is 4. The summed E-state index contributed by atoms with van der Waals surface area (Å²) in [4.78, 5) is 6.73. The topological polar surface area (TPSA) is 42.1 Å². The highest BCUT2D eigenvalue weighted by atomic mass is 32.1. The van der Waals surface area contributed by atoms with Crippen LogP contribution in [0.15, 0.2) is 5.38 Å². The van der Waals surface area contributed by atoms with Crippen molar-refractivity contribution in [2.75, 3.05) is 12.3 Å². The standard InChI is InChI=1S/C9H15N3S/c1-2-12(8-3-4-8)5-7-6-13-9(10)11-7/h6,8H,2-5H2,1H3,(H2,10,11). The average Bonchev–Trinajstić information content (AvgIpc) is 2.87. The number of thiazole rings is 1. The van der Waals surface area contributed by atoms with E-state index in [9.17, 15) is 0 Å². The third-order valence-electron chi connectivity index (χ3n) is 2.40. The first-order chi connectivity index (χ1) is 6.29. The van der Waals surface area contributed by atoms with Gasteiger partial charge in [0.1, 0.15) is 0 Å². The van der Waals surface area contributed by atoms with E-state index in [-0.39, 0.29) is 0 Å². The van der Waals surface area contributed by atoms with E-state index in [1.165, 1.54) is 24.2 Å². The molecule has 1 aliphatic carbocycles. The van der Waals surface area contributed by atoms with Gasteiger partial charge in [-0.1, -0.05) is 6.92 Å². The van der Waals surface area contributed by atoms with E-state index >= 15 is 0 Å². The van der Waals surface area contributed by atoms with Crippen molar-refractivity contribution in [1.82, 2.24) is 9.88 Å². The molecule has 0 saturated heterocycles. The molecule has 0 spiro atoms. The molecule has 0 atom stereocenters. The molecule has 0 unspecified atom stereocenters. The lowest BCUT2D eigenvalue weighted by Gasteiger charge is -2.17. The molecule has 72 valence electrons. The van der Waals surface area contributed by atoms with Crippen molar-refractivity contribution < 1.29 is 0 Å². The zero-order valence-electron chi connectivity index (χ0n) is 7.86. The summed E-state index contributed by atoms with van der Waals surface area (Å²) >= 11 is 1.53. The minimum Gasteiger partial charge on any atom is -0.375 e. The zero-order chi connectivity index (χ0) is 9.26. The summed E-state index contributed by atoms with van der Waals surface area (Å²) in [5.74, 6) is 0. The Kier molecular flexibility index (Phi) is 2.51. The Morgan fingerprint density at radius 3 is 2.92 bits per heavy atom. The summed E-state index contributed by atoms with van der Waals surface area (Å²) in [6.45, 7) is 4.28. The highest BCUT2D eigenvalue weighted by Crippen LogP contribution is 2.28. The van der Waals surface area contributed by atoms with Crippen LogP contribution in [0.25, 0.3) is 0 Å². The molecule has 2 N–H and O–H groups in total. The van der Waals surface area contributed by atoms with Crippen LogP contribution < -0.4 is 5.73 Å². The van der Waals surface area contributed by atoms with Crippen molar-refractivity contribution in [3.05, 3.63) is 11.1 Å². The minimum atomic E-state index is 0.682. The first-order valence-corrected chi connectivity index (χ1v) is 5.61. The van der Waals surface area contributed by atoms with Crippen LogP contribution in [0.3, 0.4) is 0 Å². The van der Waals surface area contributed by atoms with Crippen molar-refractivity contribution in [2.45, 2.75) is 32.4 Å². The van der Waals surface area contributed by atoms with E-state index in [0.717, 1.165) is 24.8 Å². The van der Waals surface area contributed by atoms with Crippen LogP contribution in [0.1, 0.15) is 25.5 Å². The zero-order valence-corrected chi connectivity index (χ0v) is 8.68. The molecule has 2 rings (SSSR count). The molecular weight excluding hydrogens is 182 g/mol. The van der Waals surface area contributed by atoms with Gasteiger partial charge in [-0.2, -0.15) is 0 Å². The van der Waals surface area contributed by atoms with Crippen LogP contribution in [0.2, 0.25) is 0 Å². The Morgan fingerprint density at radius 2 is 2.46 bits per heavy atom. The summed E-state index contributed by atoms with van der Waals surface area (Å²) in [6, 6.07) is 0.813. The Hall–Kier alpha value is -0.610. The lowest BCUT2D eigenvalue weighted by atomic mass is 10.4. The molecule has 0 amide bonds. The number of nitrogens with zero attached hydrogens (tertiary/aromatic N) is 2. The number of nitrogens with two attached hydrogens (primary N) is 1. The molecule has 1 saturated carbocycles. The van der Waals surface area contributed by atoms with E-state index in [1.54, 1.807) is 0 Å². The van der Waals surface area contributed by atoms with Crippen LogP contribution in [-0.2, 0) is 6.54 Å². The first-order valence-electron chi connectivity index (χ1n) is 4.73. The Labute approximate surface area is 82.6 Å². The lowest BCUT2D eigenvalue weighted by molar-refractivity contribution is 0.266. The Balaban J connectivity index is 1.95. The van der Waals surface area contributed by atoms with E-state index in [1.807, 2.05) is 0 Å². The van der Waals surface area contributed by atoms with Gasteiger partial charge in [0.15, 0.2) is 5.13 Å². The fraction of sp³-hybridized carbons (Fsp3) is 0.667. The largest absolute Gasteiger partial charge is 0.375 e. The molecule has 4 heteroatoms. The monoisotopic (exact) mass is 197 g/mol. The molecule has 1 aromatic heterocycles. The number of aromatic nitrogens is 1. The minimum absolute atomic E-state index is 0.682. The maximum Gasteiger partial charge on any atom is 0.180 e. The number of hydrogen-bond donors (Lipinski definition) is 1. The molecule has 0 aliphatic heterocycles. The summed E-state index contributed by atoms with van der Waals surface area (Å²) < 4.78 is 0. The molecule has 1 heterocycles. The molecule has 0 radical (unpaired) electrons. The summed E-state index contributed by atoms with van der Waals surface area (Å²) in [7, 11) is 0. The van der Waals surface area contributed by atoms with Gasteiger partial charge >= 0.3 is 0 Å². The third kappa shape index (κ3) is 2.19. The molecule has 3 nitrogen and oxygen atoms in total. The first kappa shape index (κ1) is 8.97. The van der Waals surface area contributed by atoms with Crippen LogP contribution >= 0.6 is 11.3 Å². The van der Waals surface area contributed by atoms with Gasteiger partial charge in [-0.15, -0.1) is 11.3 Å². The quantitative estimate of drug-likeness (QED) is 0.799. The fourth-order valence-corrected chi connectivity index (χ4v) is 2.10. The molecule has 0 bridgehead atoms. The highest BCUT2D eigenvalue weighted by molar-refractivity contribution is 7.13. The molecule has 0 aromatic carbocycles. The molecule has 13 heavy (non-hydrogen) atoms. The second kappa shape index (κ2) is 3.64. The molecular formula is C9H15N3S. The van der Waals surface area contributed by atoms with Crippen LogP contribution in [-0.4, -0.2) is 22.5 Å². The van der Waals surface area contributed by atoms with Crippen molar-refractivity contribution in [3.8, 4) is 0 Å². The number of hydrogen-bond acceptors (Lipinski definition) is 4. The normalized spacial score (nSPS) is 16.8. The second-order valence-corrected chi connectivity index (χ2v) is 4.36. The van der Waals surface area contributed by atoms with Crippen molar-refractivity contribution in [3.63, 3.8) is 0 Å². The summed E-state index contributed by atoms with van der Waals surface area (Å²) in [5.41, 5.74) is 6.70. The summed E-state index contributed by atoms with van der Waals surface area (Å²) in [6.07, 6.45) is 2.71. The Morgan fingerprint density at radius 1 is 1.69 bits per heavy atom. The number of nitrogen functional groups attached to an aromatic ring is 1. The van der Waals surface area contributed by atoms with Crippen LogP contribution in [0, 0.1) is 0 Å². The third-order valence-corrected chi connectivity index (χ3v) is 3.13. The number of anilines is 1. The van der Waals surface area contributed by atoms with Gasteiger partial charge < -0.3 is 5.73 Å². The van der Waals surface area contributed by atoms with Gasteiger partial charge in [0.05, 0.1) is 5.69 Å².